The number of aryl methyl sites for hydroxylation is 1. The highest BCUT2D eigenvalue weighted by molar-refractivity contribution is 8.00. The minimum absolute atomic E-state index is 0.0794. The molecule has 0 aliphatic heterocycles. The van der Waals surface area contributed by atoms with Gasteiger partial charge in [-0.3, -0.25) is 14.3 Å². The van der Waals surface area contributed by atoms with Gasteiger partial charge in [0, 0.05) is 30.2 Å². The van der Waals surface area contributed by atoms with Gasteiger partial charge in [0.05, 0.1) is 5.25 Å². The van der Waals surface area contributed by atoms with E-state index in [9.17, 15) is 4.79 Å². The van der Waals surface area contributed by atoms with E-state index in [4.69, 9.17) is 0 Å². The number of carbonyl (C=O) groups excluding carboxylic acids is 1. The minimum Gasteiger partial charge on any atom is -0.325 e. The first kappa shape index (κ1) is 18.8. The average Bonchev–Trinajstić information content (AvgIpc) is 3.05. The summed E-state index contributed by atoms with van der Waals surface area (Å²) in [5.74, 6) is 0.648. The van der Waals surface area contributed by atoms with Gasteiger partial charge < -0.3 is 5.32 Å². The number of pyridine rings is 1. The Morgan fingerprint density at radius 3 is 2.78 bits per heavy atom. The van der Waals surface area contributed by atoms with Crippen LogP contribution in [0.2, 0.25) is 0 Å². The van der Waals surface area contributed by atoms with Gasteiger partial charge in [-0.05, 0) is 43.7 Å². The van der Waals surface area contributed by atoms with Gasteiger partial charge >= 0.3 is 0 Å². The molecule has 1 atom stereocenters. The second kappa shape index (κ2) is 8.64. The molecule has 0 bridgehead atoms. The Morgan fingerprint density at radius 2 is 2.07 bits per heavy atom. The van der Waals surface area contributed by atoms with Gasteiger partial charge in [0.15, 0.2) is 11.0 Å². The van der Waals surface area contributed by atoms with Crippen molar-refractivity contribution < 1.29 is 4.79 Å². The molecule has 138 valence electrons. The molecule has 0 aliphatic carbocycles. The molecule has 7 heteroatoms. The Balaban J connectivity index is 1.77. The van der Waals surface area contributed by atoms with Crippen LogP contribution in [0.15, 0.2) is 66.6 Å². The monoisotopic (exact) mass is 379 g/mol. The van der Waals surface area contributed by atoms with E-state index < -0.39 is 0 Å². The predicted molar refractivity (Wildman–Crippen MR) is 109 cm³/mol. The fourth-order valence-corrected chi connectivity index (χ4v) is 3.42. The van der Waals surface area contributed by atoms with Crippen molar-refractivity contribution >= 4 is 23.4 Å². The third-order valence-electron chi connectivity index (χ3n) is 3.90. The number of amides is 1. The summed E-state index contributed by atoms with van der Waals surface area (Å²) < 4.78 is 1.95. The largest absolute Gasteiger partial charge is 0.325 e. The van der Waals surface area contributed by atoms with Crippen LogP contribution in [0.4, 0.5) is 5.69 Å². The molecule has 0 fully saturated rings. The maximum atomic E-state index is 12.6. The Morgan fingerprint density at radius 1 is 1.30 bits per heavy atom. The molecule has 1 unspecified atom stereocenters. The fraction of sp³-hybridized carbons (Fsp3) is 0.200. The van der Waals surface area contributed by atoms with Gasteiger partial charge in [0.1, 0.15) is 0 Å². The topological polar surface area (TPSA) is 72.7 Å². The second-order valence-electron chi connectivity index (χ2n) is 6.06. The summed E-state index contributed by atoms with van der Waals surface area (Å²) in [6, 6.07) is 11.5. The summed E-state index contributed by atoms with van der Waals surface area (Å²) in [6.45, 7) is 8.22. The zero-order valence-corrected chi connectivity index (χ0v) is 16.1. The molecule has 2 aromatic heterocycles. The first-order chi connectivity index (χ1) is 13.1. The van der Waals surface area contributed by atoms with Crippen LogP contribution in [0.1, 0.15) is 12.5 Å². The number of rotatable bonds is 7. The highest BCUT2D eigenvalue weighted by Crippen LogP contribution is 2.27. The Bertz CT molecular complexity index is 939. The number of benzene rings is 1. The van der Waals surface area contributed by atoms with Crippen LogP contribution < -0.4 is 5.32 Å². The molecule has 3 aromatic rings. The average molecular weight is 379 g/mol. The number of hydrogen-bond donors (Lipinski definition) is 1. The number of thioether (sulfide) groups is 1. The second-order valence-corrected chi connectivity index (χ2v) is 7.37. The molecule has 1 amide bonds. The number of nitrogens with one attached hydrogen (secondary N) is 1. The quantitative estimate of drug-likeness (QED) is 0.497. The number of aromatic nitrogens is 4. The number of anilines is 1. The van der Waals surface area contributed by atoms with Crippen molar-refractivity contribution in [3.8, 4) is 11.4 Å². The van der Waals surface area contributed by atoms with Gasteiger partial charge in [0.2, 0.25) is 5.91 Å². The van der Waals surface area contributed by atoms with Crippen LogP contribution in [-0.2, 0) is 11.3 Å². The fourth-order valence-electron chi connectivity index (χ4n) is 2.56. The minimum atomic E-state index is -0.330. The van der Waals surface area contributed by atoms with Crippen molar-refractivity contribution in [2.24, 2.45) is 0 Å². The van der Waals surface area contributed by atoms with Crippen LogP contribution in [0.3, 0.4) is 0 Å². The normalized spacial score (nSPS) is 11.8. The molecule has 6 nitrogen and oxygen atoms in total. The van der Waals surface area contributed by atoms with Gasteiger partial charge in [-0.15, -0.1) is 16.8 Å². The smallest absolute Gasteiger partial charge is 0.237 e. The Hall–Kier alpha value is -2.93. The van der Waals surface area contributed by atoms with Crippen LogP contribution in [-0.4, -0.2) is 30.9 Å². The van der Waals surface area contributed by atoms with E-state index >= 15 is 0 Å². The molecular weight excluding hydrogens is 358 g/mol. The maximum Gasteiger partial charge on any atom is 0.237 e. The molecule has 0 spiro atoms. The Kier molecular flexibility index (Phi) is 6.03. The summed E-state index contributed by atoms with van der Waals surface area (Å²) in [6.07, 6.45) is 5.22. The molecule has 0 saturated heterocycles. The summed E-state index contributed by atoms with van der Waals surface area (Å²) in [5, 5.41) is 11.9. The molecule has 0 radical (unpaired) electrons. The first-order valence-electron chi connectivity index (χ1n) is 8.57. The standard InChI is InChI=1S/C20H21N5OS/c1-4-12-25-18(16-8-10-21-11-9-16)23-24-20(25)27-15(3)19(26)22-17-7-5-6-14(2)13-17/h4-11,13,15H,1,12H2,2-3H3,(H,22,26). The number of carbonyl (C=O) groups is 1. The van der Waals surface area contributed by atoms with E-state index in [1.165, 1.54) is 11.8 Å². The summed E-state index contributed by atoms with van der Waals surface area (Å²) in [5.41, 5.74) is 2.81. The van der Waals surface area contributed by atoms with Crippen molar-refractivity contribution in [2.45, 2.75) is 30.8 Å². The number of nitrogens with zero attached hydrogens (tertiary/aromatic N) is 4. The van der Waals surface area contributed by atoms with Crippen molar-refractivity contribution in [3.05, 3.63) is 67.0 Å². The third kappa shape index (κ3) is 4.62. The van der Waals surface area contributed by atoms with E-state index in [-0.39, 0.29) is 11.2 Å². The molecule has 3 rings (SSSR count). The van der Waals surface area contributed by atoms with Crippen LogP contribution in [0.5, 0.6) is 0 Å². The van der Waals surface area contributed by atoms with Crippen molar-refractivity contribution in [1.82, 2.24) is 19.7 Å². The molecule has 1 aromatic carbocycles. The highest BCUT2D eigenvalue weighted by atomic mass is 32.2. The highest BCUT2D eigenvalue weighted by Gasteiger charge is 2.20. The lowest BCUT2D eigenvalue weighted by atomic mass is 10.2. The summed E-state index contributed by atoms with van der Waals surface area (Å²) in [7, 11) is 0. The molecule has 0 aliphatic rings. The van der Waals surface area contributed by atoms with Crippen molar-refractivity contribution in [2.75, 3.05) is 5.32 Å². The van der Waals surface area contributed by atoms with Gasteiger partial charge in [-0.2, -0.15) is 0 Å². The van der Waals surface area contributed by atoms with Crippen molar-refractivity contribution in [3.63, 3.8) is 0 Å². The van der Waals surface area contributed by atoms with Gasteiger partial charge in [-0.25, -0.2) is 0 Å². The lowest BCUT2D eigenvalue weighted by Gasteiger charge is -2.13. The molecule has 1 N–H and O–H groups in total. The summed E-state index contributed by atoms with van der Waals surface area (Å²) >= 11 is 1.37. The van der Waals surface area contributed by atoms with E-state index in [1.807, 2.05) is 54.8 Å². The SMILES string of the molecule is C=CCn1c(SC(C)C(=O)Nc2cccc(C)c2)nnc1-c1ccncc1. The zero-order valence-electron chi connectivity index (χ0n) is 15.3. The Labute approximate surface area is 162 Å². The van der Waals surface area contributed by atoms with E-state index in [2.05, 4.69) is 27.1 Å². The first-order valence-corrected chi connectivity index (χ1v) is 9.45. The third-order valence-corrected chi connectivity index (χ3v) is 4.98. The predicted octanol–water partition coefficient (Wildman–Crippen LogP) is 3.95. The molecule has 0 saturated carbocycles. The molecule has 2 heterocycles. The number of allylic oxidation sites excluding steroid dienone is 1. The van der Waals surface area contributed by atoms with Crippen LogP contribution in [0, 0.1) is 6.92 Å². The lowest BCUT2D eigenvalue weighted by molar-refractivity contribution is -0.115. The van der Waals surface area contributed by atoms with Gasteiger partial charge in [0.25, 0.3) is 0 Å². The molecule has 27 heavy (non-hydrogen) atoms. The van der Waals surface area contributed by atoms with Crippen LogP contribution in [0.25, 0.3) is 11.4 Å². The van der Waals surface area contributed by atoms with Gasteiger partial charge in [-0.1, -0.05) is 30.0 Å². The van der Waals surface area contributed by atoms with E-state index in [0.717, 1.165) is 22.6 Å². The zero-order chi connectivity index (χ0) is 19.2. The summed E-state index contributed by atoms with van der Waals surface area (Å²) in [4.78, 5) is 16.6. The van der Waals surface area contributed by atoms with E-state index in [1.54, 1.807) is 18.5 Å². The van der Waals surface area contributed by atoms with E-state index in [0.29, 0.717) is 11.7 Å². The number of hydrogen-bond acceptors (Lipinski definition) is 5. The lowest BCUT2D eigenvalue weighted by Crippen LogP contribution is -2.23. The maximum absolute atomic E-state index is 12.6. The van der Waals surface area contributed by atoms with Crippen LogP contribution >= 0.6 is 11.8 Å². The van der Waals surface area contributed by atoms with Crippen molar-refractivity contribution in [1.29, 1.82) is 0 Å². The molecular formula is C20H21N5OS.